The number of unbranched alkanes of at least 4 members (excludes halogenated alkanes) is 1. The highest BCUT2D eigenvalue weighted by Crippen LogP contribution is 2.24. The molecule has 0 aromatic heterocycles. The van der Waals surface area contributed by atoms with Crippen LogP contribution in [0.2, 0.25) is 0 Å². The van der Waals surface area contributed by atoms with Gasteiger partial charge < -0.3 is 10.2 Å². The van der Waals surface area contributed by atoms with Crippen LogP contribution in [0.25, 0.3) is 0 Å². The van der Waals surface area contributed by atoms with E-state index < -0.39 is 0 Å². The second kappa shape index (κ2) is 8.47. The van der Waals surface area contributed by atoms with Gasteiger partial charge in [-0.15, -0.1) is 0 Å². The number of carbonyl (C=O) groups excluding carboxylic acids is 2. The lowest BCUT2D eigenvalue weighted by Gasteiger charge is -2.16. The zero-order chi connectivity index (χ0) is 17.5. The molecule has 2 aromatic carbocycles. The molecule has 1 aliphatic rings. The number of aryl methyl sites for hydroxylation is 1. The molecule has 1 N–H and O–H groups in total. The first-order valence-electron chi connectivity index (χ1n) is 8.91. The van der Waals surface area contributed by atoms with Crippen molar-refractivity contribution >= 4 is 17.5 Å². The summed E-state index contributed by atoms with van der Waals surface area (Å²) in [7, 11) is 0. The van der Waals surface area contributed by atoms with Crippen LogP contribution in [-0.2, 0) is 16.0 Å². The van der Waals surface area contributed by atoms with E-state index in [1.54, 1.807) is 4.90 Å². The third kappa shape index (κ3) is 4.69. The molecule has 4 nitrogen and oxygen atoms in total. The number of rotatable bonds is 7. The minimum atomic E-state index is -0.248. The van der Waals surface area contributed by atoms with E-state index in [-0.39, 0.29) is 17.7 Å². The lowest BCUT2D eigenvalue weighted by atomic mass is 10.1. The van der Waals surface area contributed by atoms with E-state index in [2.05, 4.69) is 17.4 Å². The van der Waals surface area contributed by atoms with Gasteiger partial charge in [-0.1, -0.05) is 48.5 Å². The van der Waals surface area contributed by atoms with Gasteiger partial charge in [0, 0.05) is 25.2 Å². The molecule has 0 bridgehead atoms. The number of carbonyl (C=O) groups is 2. The van der Waals surface area contributed by atoms with Crippen molar-refractivity contribution in [3.8, 4) is 0 Å². The number of amides is 2. The summed E-state index contributed by atoms with van der Waals surface area (Å²) in [6.45, 7) is 1.14. The van der Waals surface area contributed by atoms with Gasteiger partial charge in [-0.2, -0.15) is 0 Å². The van der Waals surface area contributed by atoms with E-state index in [1.807, 2.05) is 48.5 Å². The maximum atomic E-state index is 12.3. The first-order chi connectivity index (χ1) is 12.2. The summed E-state index contributed by atoms with van der Waals surface area (Å²) in [5.74, 6) is -0.233. The standard InChI is InChI=1S/C21H24N2O2/c24-20-15-18(16-23(20)19-12-5-2-6-13-19)21(25)22-14-8-7-11-17-9-3-1-4-10-17/h1-6,9-10,12-13,18H,7-8,11,14-16H2,(H,22,25)/t18-/m0/s1. The number of hydrogen-bond donors (Lipinski definition) is 1. The van der Waals surface area contributed by atoms with Crippen molar-refractivity contribution in [2.75, 3.05) is 18.0 Å². The van der Waals surface area contributed by atoms with Crippen LogP contribution in [0.5, 0.6) is 0 Å². The van der Waals surface area contributed by atoms with Gasteiger partial charge in [-0.05, 0) is 37.0 Å². The SMILES string of the molecule is O=C(NCCCCc1ccccc1)[C@H]1CC(=O)N(c2ccccc2)C1. The highest BCUT2D eigenvalue weighted by atomic mass is 16.2. The van der Waals surface area contributed by atoms with Gasteiger partial charge in [-0.25, -0.2) is 0 Å². The molecule has 0 spiro atoms. The second-order valence-corrected chi connectivity index (χ2v) is 6.47. The van der Waals surface area contributed by atoms with Gasteiger partial charge in [0.2, 0.25) is 11.8 Å². The third-order valence-corrected chi connectivity index (χ3v) is 4.60. The Labute approximate surface area is 148 Å². The van der Waals surface area contributed by atoms with Gasteiger partial charge in [-0.3, -0.25) is 9.59 Å². The number of benzene rings is 2. The molecule has 0 saturated carbocycles. The van der Waals surface area contributed by atoms with E-state index in [1.165, 1.54) is 5.56 Å². The van der Waals surface area contributed by atoms with Crippen molar-refractivity contribution in [1.29, 1.82) is 0 Å². The Morgan fingerprint density at radius 3 is 2.40 bits per heavy atom. The summed E-state index contributed by atoms with van der Waals surface area (Å²) in [6, 6.07) is 19.9. The van der Waals surface area contributed by atoms with Gasteiger partial charge in [0.1, 0.15) is 0 Å². The average Bonchev–Trinajstić information content (AvgIpc) is 3.05. The van der Waals surface area contributed by atoms with Crippen molar-refractivity contribution in [3.63, 3.8) is 0 Å². The van der Waals surface area contributed by atoms with Crippen molar-refractivity contribution in [2.45, 2.75) is 25.7 Å². The van der Waals surface area contributed by atoms with Crippen LogP contribution in [0.4, 0.5) is 5.69 Å². The minimum absolute atomic E-state index is 0.00788. The molecule has 25 heavy (non-hydrogen) atoms. The number of anilines is 1. The monoisotopic (exact) mass is 336 g/mol. The Balaban J connectivity index is 1.39. The lowest BCUT2D eigenvalue weighted by Crippen LogP contribution is -2.33. The predicted octanol–water partition coefficient (Wildman–Crippen LogP) is 3.18. The summed E-state index contributed by atoms with van der Waals surface area (Å²) < 4.78 is 0. The summed E-state index contributed by atoms with van der Waals surface area (Å²) in [4.78, 5) is 26.2. The Kier molecular flexibility index (Phi) is 5.83. The zero-order valence-electron chi connectivity index (χ0n) is 14.4. The predicted molar refractivity (Wildman–Crippen MR) is 99.3 cm³/mol. The van der Waals surface area contributed by atoms with Gasteiger partial charge in [0.25, 0.3) is 0 Å². The molecule has 3 rings (SSSR count). The number of nitrogens with one attached hydrogen (secondary N) is 1. The van der Waals surface area contributed by atoms with E-state index >= 15 is 0 Å². The van der Waals surface area contributed by atoms with Crippen molar-refractivity contribution < 1.29 is 9.59 Å². The molecule has 130 valence electrons. The molecular weight excluding hydrogens is 312 g/mol. The van der Waals surface area contributed by atoms with Gasteiger partial charge in [0.15, 0.2) is 0 Å². The first-order valence-corrected chi connectivity index (χ1v) is 8.91. The van der Waals surface area contributed by atoms with E-state index in [0.29, 0.717) is 19.5 Å². The smallest absolute Gasteiger partial charge is 0.227 e. The fourth-order valence-corrected chi connectivity index (χ4v) is 3.20. The quantitative estimate of drug-likeness (QED) is 0.790. The van der Waals surface area contributed by atoms with Crippen LogP contribution in [0.1, 0.15) is 24.8 Å². The van der Waals surface area contributed by atoms with Crippen LogP contribution >= 0.6 is 0 Å². The molecule has 1 aliphatic heterocycles. The van der Waals surface area contributed by atoms with Crippen LogP contribution in [-0.4, -0.2) is 24.9 Å². The molecule has 2 aromatic rings. The fourth-order valence-electron chi connectivity index (χ4n) is 3.20. The largest absolute Gasteiger partial charge is 0.356 e. The van der Waals surface area contributed by atoms with Gasteiger partial charge >= 0.3 is 0 Å². The molecule has 2 amide bonds. The highest BCUT2D eigenvalue weighted by Gasteiger charge is 2.34. The van der Waals surface area contributed by atoms with Gasteiger partial charge in [0.05, 0.1) is 5.92 Å². The van der Waals surface area contributed by atoms with Crippen molar-refractivity contribution in [3.05, 3.63) is 66.2 Å². The number of hydrogen-bond acceptors (Lipinski definition) is 2. The number of para-hydroxylation sites is 1. The summed E-state index contributed by atoms with van der Waals surface area (Å²) in [5.41, 5.74) is 2.19. The normalized spacial score (nSPS) is 16.9. The van der Waals surface area contributed by atoms with Crippen LogP contribution in [0, 0.1) is 5.92 Å². The maximum Gasteiger partial charge on any atom is 0.227 e. The topological polar surface area (TPSA) is 49.4 Å². The Hall–Kier alpha value is -2.62. The molecule has 1 atom stereocenters. The zero-order valence-corrected chi connectivity index (χ0v) is 14.4. The molecule has 1 saturated heterocycles. The first kappa shape index (κ1) is 17.2. The molecule has 4 heteroatoms. The highest BCUT2D eigenvalue weighted by molar-refractivity contribution is 6.00. The molecule has 1 heterocycles. The van der Waals surface area contributed by atoms with E-state index in [4.69, 9.17) is 0 Å². The second-order valence-electron chi connectivity index (χ2n) is 6.47. The minimum Gasteiger partial charge on any atom is -0.356 e. The third-order valence-electron chi connectivity index (χ3n) is 4.60. The Bertz CT molecular complexity index is 700. The van der Waals surface area contributed by atoms with Crippen molar-refractivity contribution in [1.82, 2.24) is 5.32 Å². The van der Waals surface area contributed by atoms with E-state index in [0.717, 1.165) is 24.9 Å². The average molecular weight is 336 g/mol. The summed E-state index contributed by atoms with van der Waals surface area (Å²) in [6.07, 6.45) is 3.32. The van der Waals surface area contributed by atoms with Crippen molar-refractivity contribution in [2.24, 2.45) is 5.92 Å². The number of nitrogens with zero attached hydrogens (tertiary/aromatic N) is 1. The summed E-state index contributed by atoms with van der Waals surface area (Å²) in [5, 5.41) is 2.99. The maximum absolute atomic E-state index is 12.3. The van der Waals surface area contributed by atoms with Crippen LogP contribution in [0.3, 0.4) is 0 Å². The molecule has 0 unspecified atom stereocenters. The lowest BCUT2D eigenvalue weighted by molar-refractivity contribution is -0.126. The molecule has 0 radical (unpaired) electrons. The molecular formula is C21H24N2O2. The van der Waals surface area contributed by atoms with E-state index in [9.17, 15) is 9.59 Å². The summed E-state index contributed by atoms with van der Waals surface area (Å²) >= 11 is 0. The van der Waals surface area contributed by atoms with Crippen LogP contribution < -0.4 is 10.2 Å². The fraction of sp³-hybridized carbons (Fsp3) is 0.333. The van der Waals surface area contributed by atoms with Crippen LogP contribution in [0.15, 0.2) is 60.7 Å². The Morgan fingerprint density at radius 1 is 1.00 bits per heavy atom. The Morgan fingerprint density at radius 2 is 1.68 bits per heavy atom. The molecule has 0 aliphatic carbocycles. The molecule has 1 fully saturated rings.